The zero-order valence-electron chi connectivity index (χ0n) is 5.37. The molecule has 1 rings (SSSR count). The van der Waals surface area contributed by atoms with Gasteiger partial charge < -0.3 is 0 Å². The van der Waals surface area contributed by atoms with E-state index >= 15 is 0 Å². The second-order valence-electron chi connectivity index (χ2n) is 1.55. The monoisotopic (exact) mass is 162 g/mol. The van der Waals surface area contributed by atoms with Gasteiger partial charge in [0.2, 0.25) is 0 Å². The molecule has 0 amide bonds. The molecule has 0 fully saturated rings. The summed E-state index contributed by atoms with van der Waals surface area (Å²) in [6.45, 7) is 0. The van der Waals surface area contributed by atoms with Crippen LogP contribution in [0.3, 0.4) is 0 Å². The molecule has 0 aliphatic rings. The minimum absolute atomic E-state index is 0.382. The molecule has 0 spiro atoms. The molecule has 0 aliphatic heterocycles. The molecule has 0 unspecified atom stereocenters. The summed E-state index contributed by atoms with van der Waals surface area (Å²) in [5.74, 6) is 4.66. The number of hydrogen-bond acceptors (Lipinski definition) is 4. The van der Waals surface area contributed by atoms with Gasteiger partial charge in [-0.1, -0.05) is 0 Å². The van der Waals surface area contributed by atoms with Gasteiger partial charge in [0.15, 0.2) is 17.4 Å². The number of thiazole rings is 1. The lowest BCUT2D eigenvalue weighted by molar-refractivity contribution is 0.112. The summed E-state index contributed by atoms with van der Waals surface area (Å²) in [6.07, 6.45) is 0.655. The van der Waals surface area contributed by atoms with E-state index in [0.29, 0.717) is 17.0 Å². The molecule has 3 nitrogen and oxygen atoms in total. The fraction of sp³-hybridized carbons (Fsp3) is 0. The Kier molecular flexibility index (Phi) is 2.37. The van der Waals surface area contributed by atoms with Crippen LogP contribution in [-0.2, 0) is 0 Å². The number of carbonyl (C=O) groups is 1. The molecule has 0 saturated heterocycles. The zero-order chi connectivity index (χ0) is 8.10. The summed E-state index contributed by atoms with van der Waals surface area (Å²) in [7, 11) is 0. The Bertz CT molecular complexity index is 364. The van der Waals surface area contributed by atoms with Gasteiger partial charge in [0.05, 0.1) is 0 Å². The van der Waals surface area contributed by atoms with Gasteiger partial charge in [-0.25, -0.2) is 4.98 Å². The lowest BCUT2D eigenvalue weighted by Crippen LogP contribution is -1.76. The fourth-order valence-electron chi connectivity index (χ4n) is 0.491. The average molecular weight is 162 g/mol. The van der Waals surface area contributed by atoms with Crippen molar-refractivity contribution in [1.82, 2.24) is 4.98 Å². The number of hydrogen-bond donors (Lipinski definition) is 0. The smallest absolute Gasteiger partial charge is 0.178 e. The van der Waals surface area contributed by atoms with E-state index in [4.69, 9.17) is 5.26 Å². The zero-order valence-corrected chi connectivity index (χ0v) is 6.18. The first-order chi connectivity index (χ1) is 5.36. The van der Waals surface area contributed by atoms with Crippen molar-refractivity contribution in [1.29, 1.82) is 5.26 Å². The molecule has 1 aromatic rings. The number of aromatic nitrogens is 1. The highest BCUT2D eigenvalue weighted by Gasteiger charge is 1.95. The van der Waals surface area contributed by atoms with Crippen molar-refractivity contribution in [2.24, 2.45) is 0 Å². The van der Waals surface area contributed by atoms with Crippen molar-refractivity contribution in [2.75, 3.05) is 0 Å². The van der Waals surface area contributed by atoms with Crippen molar-refractivity contribution in [3.8, 4) is 17.9 Å². The highest BCUT2D eigenvalue weighted by Crippen LogP contribution is 2.05. The molecular weight excluding hydrogens is 160 g/mol. The Morgan fingerprint density at radius 3 is 3.09 bits per heavy atom. The fourth-order valence-corrected chi connectivity index (χ4v) is 1.04. The van der Waals surface area contributed by atoms with E-state index in [1.54, 1.807) is 11.4 Å². The van der Waals surface area contributed by atoms with Gasteiger partial charge in [-0.05, 0) is 5.92 Å². The van der Waals surface area contributed by atoms with Gasteiger partial charge >= 0.3 is 0 Å². The van der Waals surface area contributed by atoms with Crippen LogP contribution in [0, 0.1) is 23.2 Å². The van der Waals surface area contributed by atoms with Gasteiger partial charge in [0.25, 0.3) is 0 Å². The molecule has 0 bridgehead atoms. The SMILES string of the molecule is N#CC#Cc1csc(C=O)n1. The minimum Gasteiger partial charge on any atom is -0.295 e. The van der Waals surface area contributed by atoms with E-state index in [1.807, 2.05) is 0 Å². The molecule has 52 valence electrons. The van der Waals surface area contributed by atoms with Crippen molar-refractivity contribution < 1.29 is 4.79 Å². The maximum absolute atomic E-state index is 10.1. The highest BCUT2D eigenvalue weighted by atomic mass is 32.1. The maximum atomic E-state index is 10.1. The first kappa shape index (κ1) is 7.46. The number of rotatable bonds is 1. The topological polar surface area (TPSA) is 53.8 Å². The van der Waals surface area contributed by atoms with E-state index in [0.717, 1.165) is 0 Å². The standard InChI is InChI=1S/C7H2N2OS/c8-3-1-2-6-5-11-7(4-10)9-6/h4-5H. The van der Waals surface area contributed by atoms with Crippen LogP contribution >= 0.6 is 11.3 Å². The number of aldehydes is 1. The van der Waals surface area contributed by atoms with Crippen LogP contribution in [-0.4, -0.2) is 11.3 Å². The third-order valence-corrected chi connectivity index (χ3v) is 1.64. The van der Waals surface area contributed by atoms with Gasteiger partial charge in [0.1, 0.15) is 5.69 Å². The number of nitriles is 1. The predicted molar refractivity (Wildman–Crippen MR) is 40.0 cm³/mol. The first-order valence-corrected chi connectivity index (χ1v) is 3.55. The minimum atomic E-state index is 0.382. The van der Waals surface area contributed by atoms with Crippen LogP contribution in [0.2, 0.25) is 0 Å². The summed E-state index contributed by atoms with van der Waals surface area (Å²) in [5.41, 5.74) is 0.471. The lowest BCUT2D eigenvalue weighted by Gasteiger charge is -1.71. The third kappa shape index (κ3) is 1.89. The van der Waals surface area contributed by atoms with E-state index in [9.17, 15) is 4.79 Å². The van der Waals surface area contributed by atoms with E-state index in [1.165, 1.54) is 11.3 Å². The Morgan fingerprint density at radius 1 is 1.73 bits per heavy atom. The molecule has 0 aliphatic carbocycles. The Morgan fingerprint density at radius 2 is 2.55 bits per heavy atom. The van der Waals surface area contributed by atoms with Crippen molar-refractivity contribution in [3.63, 3.8) is 0 Å². The van der Waals surface area contributed by atoms with Gasteiger partial charge in [0, 0.05) is 11.3 Å². The lowest BCUT2D eigenvalue weighted by atomic mass is 10.5. The number of nitrogens with zero attached hydrogens (tertiary/aromatic N) is 2. The average Bonchev–Trinajstić information content (AvgIpc) is 2.48. The van der Waals surface area contributed by atoms with Crippen LogP contribution in [0.4, 0.5) is 0 Å². The predicted octanol–water partition coefficient (Wildman–Crippen LogP) is 0.831. The summed E-state index contributed by atoms with van der Waals surface area (Å²) >= 11 is 1.21. The first-order valence-electron chi connectivity index (χ1n) is 2.67. The molecule has 0 saturated carbocycles. The molecule has 1 heterocycles. The Balaban J connectivity index is 2.91. The van der Waals surface area contributed by atoms with E-state index < -0.39 is 0 Å². The summed E-state index contributed by atoms with van der Waals surface area (Å²) in [4.78, 5) is 13.9. The quantitative estimate of drug-likeness (QED) is 0.454. The van der Waals surface area contributed by atoms with Crippen LogP contribution in [0.1, 0.15) is 15.5 Å². The molecule has 0 aromatic carbocycles. The molecule has 4 heteroatoms. The van der Waals surface area contributed by atoms with E-state index in [2.05, 4.69) is 16.8 Å². The number of carbonyl (C=O) groups excluding carboxylic acids is 1. The molecular formula is C7H2N2OS. The molecule has 1 aromatic heterocycles. The summed E-state index contributed by atoms with van der Waals surface area (Å²) in [6, 6.07) is 1.66. The van der Waals surface area contributed by atoms with Gasteiger partial charge in [-0.3, -0.25) is 4.79 Å². The van der Waals surface area contributed by atoms with Crippen molar-refractivity contribution >= 4 is 17.6 Å². The summed E-state index contributed by atoms with van der Waals surface area (Å²) in [5, 5.41) is 10.1. The van der Waals surface area contributed by atoms with Gasteiger partial charge in [-0.2, -0.15) is 5.26 Å². The Hall–Kier alpha value is -1.65. The highest BCUT2D eigenvalue weighted by molar-refractivity contribution is 7.11. The van der Waals surface area contributed by atoms with Crippen molar-refractivity contribution in [3.05, 3.63) is 16.1 Å². The van der Waals surface area contributed by atoms with Gasteiger partial charge in [-0.15, -0.1) is 11.3 Å². The molecule has 0 atom stereocenters. The second kappa shape index (κ2) is 3.50. The van der Waals surface area contributed by atoms with Crippen LogP contribution in [0.25, 0.3) is 0 Å². The van der Waals surface area contributed by atoms with Crippen LogP contribution in [0.15, 0.2) is 5.38 Å². The van der Waals surface area contributed by atoms with Crippen LogP contribution in [0.5, 0.6) is 0 Å². The molecule has 11 heavy (non-hydrogen) atoms. The molecule has 0 N–H and O–H groups in total. The Labute approximate surface area is 67.3 Å². The van der Waals surface area contributed by atoms with E-state index in [-0.39, 0.29) is 0 Å². The maximum Gasteiger partial charge on any atom is 0.178 e. The normalized spacial score (nSPS) is 7.55. The third-order valence-electron chi connectivity index (χ3n) is 0.869. The second-order valence-corrected chi connectivity index (χ2v) is 2.44. The summed E-state index contributed by atoms with van der Waals surface area (Å²) < 4.78 is 0. The largest absolute Gasteiger partial charge is 0.295 e. The van der Waals surface area contributed by atoms with Crippen LogP contribution < -0.4 is 0 Å². The molecule has 0 radical (unpaired) electrons. The van der Waals surface area contributed by atoms with Crippen molar-refractivity contribution in [2.45, 2.75) is 0 Å².